The lowest BCUT2D eigenvalue weighted by Gasteiger charge is -2.23. The first-order valence-corrected chi connectivity index (χ1v) is 9.84. The normalized spacial score (nSPS) is 20.4. The lowest BCUT2D eigenvalue weighted by molar-refractivity contribution is -0.129. The minimum atomic E-state index is -0.294. The Kier molecular flexibility index (Phi) is 5.16. The number of likely N-dealkylation sites (tertiary alicyclic amines) is 1. The number of benzene rings is 1. The minimum absolute atomic E-state index is 0.108. The van der Waals surface area contributed by atoms with Gasteiger partial charge in [-0.25, -0.2) is 4.68 Å². The van der Waals surface area contributed by atoms with Crippen LogP contribution >= 0.6 is 11.6 Å². The van der Waals surface area contributed by atoms with Gasteiger partial charge in [0.05, 0.1) is 18.7 Å². The summed E-state index contributed by atoms with van der Waals surface area (Å²) in [6, 6.07) is 9.64. The van der Waals surface area contributed by atoms with Gasteiger partial charge in [-0.15, -0.1) is 0 Å². The summed E-state index contributed by atoms with van der Waals surface area (Å²) >= 11 is 5.93. The van der Waals surface area contributed by atoms with E-state index >= 15 is 0 Å². The Morgan fingerprint density at radius 1 is 1.19 bits per heavy atom. The third-order valence-corrected chi connectivity index (χ3v) is 5.76. The molecule has 1 saturated heterocycles. The molecule has 7 heteroatoms. The molecule has 1 aromatic carbocycles. The highest BCUT2D eigenvalue weighted by atomic mass is 35.5. The molecule has 1 aliphatic carbocycles. The summed E-state index contributed by atoms with van der Waals surface area (Å²) in [5, 5.41) is 7.94. The van der Waals surface area contributed by atoms with E-state index in [0.717, 1.165) is 18.4 Å². The van der Waals surface area contributed by atoms with Crippen LogP contribution in [0, 0.1) is 5.92 Å². The molecule has 1 saturated carbocycles. The highest BCUT2D eigenvalue weighted by Crippen LogP contribution is 2.30. The number of aromatic nitrogens is 2. The Bertz CT molecular complexity index is 827. The van der Waals surface area contributed by atoms with Crippen LogP contribution in [0.2, 0.25) is 5.02 Å². The summed E-state index contributed by atoms with van der Waals surface area (Å²) in [7, 11) is 0. The number of hydrogen-bond donors (Lipinski definition) is 1. The van der Waals surface area contributed by atoms with Crippen molar-refractivity contribution in [1.82, 2.24) is 14.7 Å². The summed E-state index contributed by atoms with van der Waals surface area (Å²) < 4.78 is 1.74. The van der Waals surface area contributed by atoms with E-state index in [4.69, 9.17) is 11.6 Å². The van der Waals surface area contributed by atoms with Crippen LogP contribution in [-0.2, 0) is 16.1 Å². The number of halogens is 1. The Hall–Kier alpha value is -2.34. The molecular weight excluding hydrogens is 364 g/mol. The molecule has 2 aromatic rings. The van der Waals surface area contributed by atoms with E-state index < -0.39 is 0 Å². The summed E-state index contributed by atoms with van der Waals surface area (Å²) in [5.74, 6) is 0.345. The summed E-state index contributed by atoms with van der Waals surface area (Å²) in [6.45, 7) is 1.07. The van der Waals surface area contributed by atoms with E-state index in [1.165, 1.54) is 12.8 Å². The van der Waals surface area contributed by atoms with E-state index in [-0.39, 0.29) is 17.7 Å². The lowest BCUT2D eigenvalue weighted by atomic mass is 10.1. The van der Waals surface area contributed by atoms with Crippen molar-refractivity contribution in [2.45, 2.75) is 44.7 Å². The summed E-state index contributed by atoms with van der Waals surface area (Å²) in [4.78, 5) is 27.0. The van der Waals surface area contributed by atoms with Gasteiger partial charge in [0.25, 0.3) is 0 Å². The van der Waals surface area contributed by atoms with Crippen molar-refractivity contribution in [3.05, 3.63) is 47.1 Å². The van der Waals surface area contributed by atoms with Crippen LogP contribution in [0.5, 0.6) is 0 Å². The van der Waals surface area contributed by atoms with Gasteiger partial charge in [0.1, 0.15) is 5.82 Å². The second kappa shape index (κ2) is 7.72. The van der Waals surface area contributed by atoms with Crippen molar-refractivity contribution >= 4 is 29.2 Å². The Labute approximate surface area is 163 Å². The zero-order valence-corrected chi connectivity index (χ0v) is 15.9. The molecule has 2 amide bonds. The average Bonchev–Trinajstić information content (AvgIpc) is 3.38. The second-order valence-corrected chi connectivity index (χ2v) is 7.81. The molecule has 1 N–H and O–H groups in total. The molecule has 2 fully saturated rings. The van der Waals surface area contributed by atoms with Crippen molar-refractivity contribution < 1.29 is 9.59 Å². The molecule has 1 aliphatic heterocycles. The van der Waals surface area contributed by atoms with Gasteiger partial charge < -0.3 is 10.2 Å². The molecule has 1 aromatic heterocycles. The van der Waals surface area contributed by atoms with E-state index in [2.05, 4.69) is 10.4 Å². The van der Waals surface area contributed by atoms with Crippen LogP contribution in [0.15, 0.2) is 36.5 Å². The fraction of sp³-hybridized carbons (Fsp3) is 0.450. The lowest BCUT2D eigenvalue weighted by Crippen LogP contribution is -2.35. The number of carbonyl (C=O) groups excluding carboxylic acids is 2. The zero-order valence-electron chi connectivity index (χ0n) is 15.1. The van der Waals surface area contributed by atoms with E-state index in [1.807, 2.05) is 29.2 Å². The third kappa shape index (κ3) is 4.00. The molecule has 0 spiro atoms. The smallest absolute Gasteiger partial charge is 0.230 e. The van der Waals surface area contributed by atoms with Crippen molar-refractivity contribution in [3.8, 4) is 0 Å². The Balaban J connectivity index is 1.39. The first kappa shape index (κ1) is 18.0. The molecule has 6 nitrogen and oxygen atoms in total. The maximum atomic E-state index is 12.7. The van der Waals surface area contributed by atoms with Crippen LogP contribution < -0.4 is 5.32 Å². The molecule has 2 heterocycles. The van der Waals surface area contributed by atoms with Gasteiger partial charge in [-0.2, -0.15) is 5.10 Å². The number of anilines is 1. The SMILES string of the molecule is O=C(Nc1ccnn1Cc1ccc(Cl)cc1)C1CC(=O)N(C2CCCC2)C1. The predicted molar refractivity (Wildman–Crippen MR) is 103 cm³/mol. The van der Waals surface area contributed by atoms with E-state index in [9.17, 15) is 9.59 Å². The number of nitrogens with one attached hydrogen (secondary N) is 1. The fourth-order valence-corrected chi connectivity index (χ4v) is 4.16. The molecule has 0 radical (unpaired) electrons. The highest BCUT2D eigenvalue weighted by molar-refractivity contribution is 6.30. The Morgan fingerprint density at radius 2 is 1.93 bits per heavy atom. The van der Waals surface area contributed by atoms with Crippen molar-refractivity contribution in [2.75, 3.05) is 11.9 Å². The molecule has 142 valence electrons. The van der Waals surface area contributed by atoms with Crippen LogP contribution in [0.1, 0.15) is 37.7 Å². The van der Waals surface area contributed by atoms with Gasteiger partial charge in [0, 0.05) is 30.1 Å². The standard InChI is InChI=1S/C20H23ClN4O2/c21-16-7-5-14(6-8-16)12-25-18(9-10-22-25)23-20(27)15-11-19(26)24(13-15)17-3-1-2-4-17/h5-10,15,17H,1-4,11-13H2,(H,23,27). The number of hydrogen-bond acceptors (Lipinski definition) is 3. The molecule has 4 rings (SSSR count). The average molecular weight is 387 g/mol. The van der Waals surface area contributed by atoms with Gasteiger partial charge in [-0.05, 0) is 30.5 Å². The third-order valence-electron chi connectivity index (χ3n) is 5.51. The van der Waals surface area contributed by atoms with Crippen LogP contribution in [0.3, 0.4) is 0 Å². The predicted octanol–water partition coefficient (Wildman–Crippen LogP) is 3.31. The first-order valence-electron chi connectivity index (χ1n) is 9.47. The van der Waals surface area contributed by atoms with Gasteiger partial charge in [-0.3, -0.25) is 9.59 Å². The number of nitrogens with zero attached hydrogens (tertiary/aromatic N) is 3. The van der Waals surface area contributed by atoms with Crippen LogP contribution in [0.4, 0.5) is 5.82 Å². The fourth-order valence-electron chi connectivity index (χ4n) is 4.03. The van der Waals surface area contributed by atoms with Crippen LogP contribution in [0.25, 0.3) is 0 Å². The molecule has 1 atom stereocenters. The van der Waals surface area contributed by atoms with Crippen molar-refractivity contribution in [3.63, 3.8) is 0 Å². The maximum absolute atomic E-state index is 12.7. The zero-order chi connectivity index (χ0) is 18.8. The number of carbonyl (C=O) groups is 2. The van der Waals surface area contributed by atoms with Crippen LogP contribution in [-0.4, -0.2) is 39.1 Å². The maximum Gasteiger partial charge on any atom is 0.230 e. The first-order chi connectivity index (χ1) is 13.1. The van der Waals surface area contributed by atoms with Gasteiger partial charge in [0.15, 0.2) is 0 Å². The number of rotatable bonds is 5. The summed E-state index contributed by atoms with van der Waals surface area (Å²) in [5.41, 5.74) is 1.04. The van der Waals surface area contributed by atoms with E-state index in [1.54, 1.807) is 16.9 Å². The van der Waals surface area contributed by atoms with E-state index in [0.29, 0.717) is 36.4 Å². The monoisotopic (exact) mass is 386 g/mol. The van der Waals surface area contributed by atoms with Crippen molar-refractivity contribution in [1.29, 1.82) is 0 Å². The van der Waals surface area contributed by atoms with Gasteiger partial charge >= 0.3 is 0 Å². The minimum Gasteiger partial charge on any atom is -0.339 e. The second-order valence-electron chi connectivity index (χ2n) is 7.38. The molecule has 27 heavy (non-hydrogen) atoms. The summed E-state index contributed by atoms with van der Waals surface area (Å²) in [6.07, 6.45) is 6.44. The van der Waals surface area contributed by atoms with Crippen molar-refractivity contribution in [2.24, 2.45) is 5.92 Å². The molecule has 1 unspecified atom stereocenters. The largest absolute Gasteiger partial charge is 0.339 e. The quantitative estimate of drug-likeness (QED) is 0.857. The van der Waals surface area contributed by atoms with Gasteiger partial charge in [-0.1, -0.05) is 36.6 Å². The molecule has 2 aliphatic rings. The topological polar surface area (TPSA) is 67.2 Å². The number of amides is 2. The molecule has 0 bridgehead atoms. The van der Waals surface area contributed by atoms with Gasteiger partial charge in [0.2, 0.25) is 11.8 Å². The Morgan fingerprint density at radius 3 is 2.67 bits per heavy atom. The highest BCUT2D eigenvalue weighted by Gasteiger charge is 2.38. The molecular formula is C20H23ClN4O2.